The molecular formula is C21H23FN4O3S. The van der Waals surface area contributed by atoms with Crippen molar-refractivity contribution < 1.29 is 18.8 Å². The highest BCUT2D eigenvalue weighted by molar-refractivity contribution is 7.09. The van der Waals surface area contributed by atoms with Gasteiger partial charge in [0.05, 0.1) is 18.3 Å². The van der Waals surface area contributed by atoms with Crippen LogP contribution in [0.5, 0.6) is 0 Å². The van der Waals surface area contributed by atoms with Gasteiger partial charge in [0.25, 0.3) is 5.91 Å². The smallest absolute Gasteiger partial charge is 0.332 e. The number of nitrogens with one attached hydrogen (secondary N) is 1. The molecule has 2 aliphatic heterocycles. The lowest BCUT2D eigenvalue weighted by Gasteiger charge is -2.43. The number of thiophene rings is 1. The number of nitrogens with zero attached hydrogens (tertiary/aromatic N) is 3. The minimum absolute atomic E-state index is 0.167. The SMILES string of the molecule is CCCNC(=O)N1CC[C@@H]2[C@H]1C(=O)N(c1cccc(F)c1)C(=O)N2Cc1cccs1. The Morgan fingerprint density at radius 3 is 2.80 bits per heavy atom. The molecule has 2 fully saturated rings. The second-order valence-corrected chi connectivity index (χ2v) is 8.40. The summed E-state index contributed by atoms with van der Waals surface area (Å²) in [5.74, 6) is -1.04. The first kappa shape index (κ1) is 20.3. The van der Waals surface area contributed by atoms with E-state index in [1.54, 1.807) is 4.90 Å². The zero-order valence-corrected chi connectivity index (χ0v) is 17.4. The van der Waals surface area contributed by atoms with E-state index in [0.29, 0.717) is 26.1 Å². The van der Waals surface area contributed by atoms with Gasteiger partial charge in [-0.3, -0.25) is 4.79 Å². The number of benzene rings is 1. The Balaban J connectivity index is 1.70. The van der Waals surface area contributed by atoms with E-state index in [-0.39, 0.29) is 11.7 Å². The summed E-state index contributed by atoms with van der Waals surface area (Å²) in [4.78, 5) is 44.6. The summed E-state index contributed by atoms with van der Waals surface area (Å²) in [6.07, 6.45) is 1.30. The minimum Gasteiger partial charge on any atom is -0.338 e. The van der Waals surface area contributed by atoms with Gasteiger partial charge < -0.3 is 15.1 Å². The van der Waals surface area contributed by atoms with E-state index in [1.165, 1.54) is 34.4 Å². The fraction of sp³-hybridized carbons (Fsp3) is 0.381. The van der Waals surface area contributed by atoms with Crippen molar-refractivity contribution in [3.05, 3.63) is 52.5 Å². The highest BCUT2D eigenvalue weighted by atomic mass is 32.1. The molecule has 1 aromatic carbocycles. The maximum absolute atomic E-state index is 13.9. The molecule has 0 spiro atoms. The summed E-state index contributed by atoms with van der Waals surface area (Å²) in [6.45, 7) is 3.17. The summed E-state index contributed by atoms with van der Waals surface area (Å²) < 4.78 is 13.9. The summed E-state index contributed by atoms with van der Waals surface area (Å²) in [6, 6.07) is 7.22. The van der Waals surface area contributed by atoms with E-state index in [9.17, 15) is 18.8 Å². The molecule has 4 rings (SSSR count). The number of carbonyl (C=O) groups is 3. The van der Waals surface area contributed by atoms with Crippen LogP contribution in [0.2, 0.25) is 0 Å². The molecule has 2 saturated heterocycles. The molecule has 5 amide bonds. The number of urea groups is 2. The maximum atomic E-state index is 13.9. The van der Waals surface area contributed by atoms with Gasteiger partial charge in [-0.25, -0.2) is 18.9 Å². The molecule has 9 heteroatoms. The van der Waals surface area contributed by atoms with Crippen LogP contribution in [0.4, 0.5) is 19.7 Å². The first-order chi connectivity index (χ1) is 14.5. The van der Waals surface area contributed by atoms with E-state index in [1.807, 2.05) is 24.4 Å². The Bertz CT molecular complexity index is 951. The van der Waals surface area contributed by atoms with Gasteiger partial charge in [-0.2, -0.15) is 0 Å². The van der Waals surface area contributed by atoms with Crippen molar-refractivity contribution in [1.82, 2.24) is 15.1 Å². The topological polar surface area (TPSA) is 73.0 Å². The molecule has 7 nitrogen and oxygen atoms in total. The molecule has 30 heavy (non-hydrogen) atoms. The average molecular weight is 431 g/mol. The number of fused-ring (bicyclic) bond motifs is 1. The highest BCUT2D eigenvalue weighted by Crippen LogP contribution is 2.34. The largest absolute Gasteiger partial charge is 0.338 e. The van der Waals surface area contributed by atoms with Crippen LogP contribution in [0.25, 0.3) is 0 Å². The van der Waals surface area contributed by atoms with Crippen molar-refractivity contribution in [3.63, 3.8) is 0 Å². The summed E-state index contributed by atoms with van der Waals surface area (Å²) in [5.41, 5.74) is 0.167. The van der Waals surface area contributed by atoms with E-state index in [4.69, 9.17) is 0 Å². The van der Waals surface area contributed by atoms with Crippen LogP contribution >= 0.6 is 11.3 Å². The van der Waals surface area contributed by atoms with Crippen LogP contribution in [0.1, 0.15) is 24.6 Å². The summed E-state index contributed by atoms with van der Waals surface area (Å²) >= 11 is 1.52. The number of amides is 5. The van der Waals surface area contributed by atoms with Crippen LogP contribution in [0.3, 0.4) is 0 Å². The Morgan fingerprint density at radius 1 is 1.27 bits per heavy atom. The number of anilines is 1. The third-order valence-corrected chi connectivity index (χ3v) is 6.30. The first-order valence-electron chi connectivity index (χ1n) is 9.98. The van der Waals surface area contributed by atoms with E-state index in [2.05, 4.69) is 5.32 Å². The van der Waals surface area contributed by atoms with Crippen LogP contribution in [0, 0.1) is 5.82 Å². The van der Waals surface area contributed by atoms with Crippen molar-refractivity contribution in [1.29, 1.82) is 0 Å². The Hall–Kier alpha value is -2.94. The fourth-order valence-corrected chi connectivity index (χ4v) is 4.77. The third kappa shape index (κ3) is 3.65. The Labute approximate surface area is 178 Å². The van der Waals surface area contributed by atoms with Crippen LogP contribution < -0.4 is 10.2 Å². The standard InChI is InChI=1S/C21H23FN4O3S/c1-2-9-23-20(28)24-10-8-17-18(24)19(27)26(15-6-3-5-14(22)12-15)21(29)25(17)13-16-7-4-11-30-16/h3-7,11-12,17-18H,2,8-10,13H2,1H3,(H,23,28)/t17-,18+/m1/s1. The highest BCUT2D eigenvalue weighted by Gasteiger charge is 2.53. The maximum Gasteiger partial charge on any atom is 0.332 e. The van der Waals surface area contributed by atoms with Gasteiger partial charge >= 0.3 is 12.1 Å². The van der Waals surface area contributed by atoms with Crippen molar-refractivity contribution >= 4 is 35.0 Å². The van der Waals surface area contributed by atoms with Crippen LogP contribution in [-0.2, 0) is 11.3 Å². The van der Waals surface area contributed by atoms with Gasteiger partial charge in [0.2, 0.25) is 0 Å². The minimum atomic E-state index is -0.803. The molecule has 1 N–H and O–H groups in total. The molecular weight excluding hydrogens is 407 g/mol. The van der Waals surface area contributed by atoms with Gasteiger partial charge in [0, 0.05) is 18.0 Å². The van der Waals surface area contributed by atoms with E-state index < -0.39 is 29.8 Å². The summed E-state index contributed by atoms with van der Waals surface area (Å²) in [7, 11) is 0. The molecule has 0 saturated carbocycles. The Kier molecular flexibility index (Phi) is 5.72. The summed E-state index contributed by atoms with van der Waals surface area (Å²) in [5, 5.41) is 4.74. The number of rotatable bonds is 5. The number of hydrogen-bond acceptors (Lipinski definition) is 4. The Morgan fingerprint density at radius 2 is 2.10 bits per heavy atom. The number of hydrogen-bond donors (Lipinski definition) is 1. The predicted molar refractivity (Wildman–Crippen MR) is 112 cm³/mol. The van der Waals surface area contributed by atoms with Gasteiger partial charge in [-0.15, -0.1) is 11.3 Å². The molecule has 2 aromatic rings. The number of imide groups is 1. The number of halogens is 1. The number of likely N-dealkylation sites (tertiary alicyclic amines) is 1. The second-order valence-electron chi connectivity index (χ2n) is 7.37. The van der Waals surface area contributed by atoms with Crippen molar-refractivity contribution in [2.24, 2.45) is 0 Å². The average Bonchev–Trinajstić information content (AvgIpc) is 3.39. The number of carbonyl (C=O) groups excluding carboxylic acids is 3. The lowest BCUT2D eigenvalue weighted by molar-refractivity contribution is -0.124. The fourth-order valence-electron chi connectivity index (χ4n) is 4.07. The normalized spacial score (nSPS) is 21.2. The van der Waals surface area contributed by atoms with Crippen molar-refractivity contribution in [3.8, 4) is 0 Å². The van der Waals surface area contributed by atoms with Crippen LogP contribution in [0.15, 0.2) is 41.8 Å². The van der Waals surface area contributed by atoms with E-state index in [0.717, 1.165) is 22.3 Å². The van der Waals surface area contributed by atoms with Gasteiger partial charge in [-0.1, -0.05) is 19.1 Å². The predicted octanol–water partition coefficient (Wildman–Crippen LogP) is 3.42. The molecule has 158 valence electrons. The third-order valence-electron chi connectivity index (χ3n) is 5.44. The quantitative estimate of drug-likeness (QED) is 0.790. The molecule has 0 aliphatic carbocycles. The molecule has 1 aromatic heterocycles. The first-order valence-corrected chi connectivity index (χ1v) is 10.9. The monoisotopic (exact) mass is 430 g/mol. The molecule has 0 bridgehead atoms. The van der Waals surface area contributed by atoms with Crippen molar-refractivity contribution in [2.45, 2.75) is 38.4 Å². The zero-order valence-electron chi connectivity index (χ0n) is 16.6. The molecule has 3 heterocycles. The molecule has 0 unspecified atom stereocenters. The molecule has 0 radical (unpaired) electrons. The molecule has 2 aliphatic rings. The van der Waals surface area contributed by atoms with E-state index >= 15 is 0 Å². The van der Waals surface area contributed by atoms with Crippen molar-refractivity contribution in [2.75, 3.05) is 18.0 Å². The zero-order chi connectivity index (χ0) is 21.3. The van der Waals surface area contributed by atoms with Gasteiger partial charge in [0.1, 0.15) is 11.9 Å². The lowest BCUT2D eigenvalue weighted by atomic mass is 10.0. The van der Waals surface area contributed by atoms with Gasteiger partial charge in [0.15, 0.2) is 0 Å². The van der Waals surface area contributed by atoms with Crippen LogP contribution in [-0.4, -0.2) is 52.9 Å². The lowest BCUT2D eigenvalue weighted by Crippen LogP contribution is -2.66. The molecule has 2 atom stereocenters. The van der Waals surface area contributed by atoms with Gasteiger partial charge in [-0.05, 0) is 42.5 Å². The second kappa shape index (κ2) is 8.43.